The van der Waals surface area contributed by atoms with Crippen molar-refractivity contribution in [2.75, 3.05) is 0 Å². The fourth-order valence-corrected chi connectivity index (χ4v) is 2.43. The van der Waals surface area contributed by atoms with Crippen LogP contribution in [0, 0.1) is 7.43 Å². The Bertz CT molecular complexity index is 703. The summed E-state index contributed by atoms with van der Waals surface area (Å²) in [6.07, 6.45) is 7.67. The van der Waals surface area contributed by atoms with E-state index in [1.165, 1.54) is 32.3 Å². The minimum atomic E-state index is 0. The van der Waals surface area contributed by atoms with Crippen LogP contribution in [0.2, 0.25) is 0 Å². The molecule has 2 radical (unpaired) electrons. The van der Waals surface area contributed by atoms with Crippen molar-refractivity contribution in [1.82, 2.24) is 9.97 Å². The van der Waals surface area contributed by atoms with Crippen molar-refractivity contribution >= 4 is 32.3 Å². The summed E-state index contributed by atoms with van der Waals surface area (Å²) in [6.45, 7) is 0. The summed E-state index contributed by atoms with van der Waals surface area (Å²) in [5, 5.41) is 7.38. The molecular formula is C15H29N11Ru2. The van der Waals surface area contributed by atoms with E-state index in [9.17, 15) is 0 Å². The van der Waals surface area contributed by atoms with Crippen LogP contribution in [0.5, 0.6) is 0 Å². The Morgan fingerprint density at radius 2 is 0.571 bits per heavy atom. The van der Waals surface area contributed by atoms with Crippen molar-refractivity contribution < 1.29 is 39.0 Å². The van der Waals surface area contributed by atoms with E-state index in [-0.39, 0.29) is 102 Å². The maximum absolute atomic E-state index is 4.25. The molecule has 0 fully saturated rings. The summed E-state index contributed by atoms with van der Waals surface area (Å²) in [7, 11) is 0. The second-order valence-electron chi connectivity index (χ2n) is 4.05. The number of benzene rings is 2. The number of hydrogen-bond donors (Lipinski definition) is 0. The molecule has 0 aliphatic carbocycles. The van der Waals surface area contributed by atoms with Gasteiger partial charge >= 0.3 is 39.0 Å². The molecule has 0 saturated carbocycles. The summed E-state index contributed by atoms with van der Waals surface area (Å²) in [5.41, 5.74) is 0. The van der Waals surface area contributed by atoms with Crippen LogP contribution >= 0.6 is 0 Å². The first-order valence-electron chi connectivity index (χ1n) is 5.26. The molecule has 13 heteroatoms. The molecule has 0 saturated heterocycles. The first-order chi connectivity index (χ1) is 7.93. The van der Waals surface area contributed by atoms with Gasteiger partial charge < -0.3 is 62.8 Å². The first kappa shape index (κ1) is 56.3. The third-order valence-electron chi connectivity index (χ3n) is 3.14. The molecule has 0 unspecified atom stereocenters. The Balaban J connectivity index is -0.0000000430. The van der Waals surface area contributed by atoms with E-state index in [0.717, 1.165) is 0 Å². The summed E-state index contributed by atoms with van der Waals surface area (Å²) < 4.78 is 0. The van der Waals surface area contributed by atoms with E-state index in [0.29, 0.717) is 0 Å². The van der Waals surface area contributed by atoms with Crippen LogP contribution in [0.3, 0.4) is 0 Å². The maximum Gasteiger partial charge on any atom is 5.00 e. The molecule has 0 atom stereocenters. The van der Waals surface area contributed by atoms with Gasteiger partial charge in [0.05, 0.1) is 0 Å². The largest absolute Gasteiger partial charge is 5.00 e. The van der Waals surface area contributed by atoms with Gasteiger partial charge in [-0.2, -0.15) is 0 Å². The minimum absolute atomic E-state index is 0. The molecule has 18 N–H and O–H groups in total. The molecule has 2 aromatic heterocycles. The zero-order valence-corrected chi connectivity index (χ0v) is 18.9. The van der Waals surface area contributed by atoms with Crippen molar-refractivity contribution in [2.24, 2.45) is 0 Å². The van der Waals surface area contributed by atoms with Gasteiger partial charge in [-0.05, 0) is 0 Å². The van der Waals surface area contributed by atoms with Crippen molar-refractivity contribution in [2.45, 2.75) is 0 Å². The van der Waals surface area contributed by atoms with Crippen molar-refractivity contribution in [3.63, 3.8) is 0 Å². The molecule has 11 nitrogen and oxygen atoms in total. The van der Waals surface area contributed by atoms with Gasteiger partial charge in [0.15, 0.2) is 0 Å². The number of rotatable bonds is 0. The van der Waals surface area contributed by atoms with Crippen LogP contribution in [0.4, 0.5) is 0 Å². The van der Waals surface area contributed by atoms with Gasteiger partial charge in [0.1, 0.15) is 0 Å². The predicted molar refractivity (Wildman–Crippen MR) is 120 cm³/mol. The summed E-state index contributed by atoms with van der Waals surface area (Å²) in [4.78, 5) is 8.51. The van der Waals surface area contributed by atoms with Gasteiger partial charge in [-0.15, -0.1) is 0 Å². The van der Waals surface area contributed by atoms with Crippen molar-refractivity contribution in [1.29, 1.82) is 0 Å². The summed E-state index contributed by atoms with van der Waals surface area (Å²) >= 11 is 0. The Kier molecular flexibility index (Phi) is 44.1. The molecule has 0 amide bonds. The van der Waals surface area contributed by atoms with Crippen LogP contribution in [0.1, 0.15) is 0 Å². The Morgan fingerprint density at radius 3 is 0.750 bits per heavy atom. The smallest absolute Gasteiger partial charge is 0.693 e. The molecule has 0 aliphatic heterocycles. The average molecular weight is 566 g/mol. The van der Waals surface area contributed by atoms with Crippen LogP contribution in [-0.4, -0.2) is 9.97 Å². The SMILES string of the molecule is [CH3-].[NH2-].[NH2-].[NH2-].[NH2-].[NH2-].[NH2-].[NH2-].[NH2-].[NH2-].[Ru+5].[Ru+5].c1cc2cncc3ccc4cncc1c4c23. The van der Waals surface area contributed by atoms with Crippen LogP contribution in [0.25, 0.3) is 87.7 Å². The molecule has 0 spiro atoms. The Morgan fingerprint density at radius 1 is 0.393 bits per heavy atom. The molecule has 28 heavy (non-hydrogen) atoms. The second-order valence-corrected chi connectivity index (χ2v) is 4.05. The topological polar surface area (TPSA) is 327 Å². The van der Waals surface area contributed by atoms with E-state index in [2.05, 4.69) is 34.2 Å². The van der Waals surface area contributed by atoms with Crippen LogP contribution in [0.15, 0.2) is 49.1 Å². The summed E-state index contributed by atoms with van der Waals surface area (Å²) in [6, 6.07) is 8.44. The minimum Gasteiger partial charge on any atom is -0.693 e. The van der Waals surface area contributed by atoms with Crippen LogP contribution < -0.4 is 0 Å². The van der Waals surface area contributed by atoms with E-state index in [4.69, 9.17) is 0 Å². The molecule has 2 heterocycles. The Hall–Kier alpha value is -1.33. The zero-order valence-electron chi connectivity index (χ0n) is 15.4. The van der Waals surface area contributed by atoms with Gasteiger partial charge in [-0.3, -0.25) is 9.97 Å². The fourth-order valence-electron chi connectivity index (χ4n) is 2.43. The molecule has 0 aliphatic rings. The fraction of sp³-hybridized carbons (Fsp3) is 0. The average Bonchev–Trinajstić information content (AvgIpc) is 2.36. The van der Waals surface area contributed by atoms with Gasteiger partial charge in [0.2, 0.25) is 0 Å². The molecule has 2 aromatic carbocycles. The first-order valence-corrected chi connectivity index (χ1v) is 5.26. The Labute approximate surface area is 192 Å². The number of hydrogen-bond acceptors (Lipinski definition) is 2. The van der Waals surface area contributed by atoms with Gasteiger partial charge in [0.25, 0.3) is 0 Å². The number of aromatic nitrogens is 2. The van der Waals surface area contributed by atoms with E-state index < -0.39 is 0 Å². The van der Waals surface area contributed by atoms with E-state index in [1.807, 2.05) is 24.8 Å². The van der Waals surface area contributed by atoms with E-state index in [1.54, 1.807) is 0 Å². The van der Waals surface area contributed by atoms with Crippen molar-refractivity contribution in [3.05, 3.63) is 112 Å². The molecule has 4 aromatic rings. The van der Waals surface area contributed by atoms with Gasteiger partial charge in [-0.25, -0.2) is 0 Å². The van der Waals surface area contributed by atoms with Gasteiger partial charge in [0, 0.05) is 57.1 Å². The van der Waals surface area contributed by atoms with Crippen LogP contribution in [-0.2, 0) is 39.0 Å². The molecular weight excluding hydrogens is 536 g/mol. The standard InChI is InChI=1S/C14H8N2.CH3.9H2N.2Ru/c1-2-10-6-16-8-12-4-3-11-7-15-5-9(1)13(11)14(10)12;;;;;;;;;;;;/h1-8H;1H3;9*1H2;;/q;10*-1;2*+5. The summed E-state index contributed by atoms with van der Waals surface area (Å²) in [5.74, 6) is 0. The number of nitrogens with two attached hydrogens (primary N) is 9. The second kappa shape index (κ2) is 22.0. The maximum atomic E-state index is 4.25. The third kappa shape index (κ3) is 8.35. The number of pyridine rings is 2. The molecule has 160 valence electrons. The molecule has 4 rings (SSSR count). The number of nitrogens with zero attached hydrogens (tertiary/aromatic N) is 2. The normalized spacial score (nSPS) is 6.71. The third-order valence-corrected chi connectivity index (χ3v) is 3.14. The van der Waals surface area contributed by atoms with Gasteiger partial charge in [-0.1, -0.05) is 24.3 Å². The van der Waals surface area contributed by atoms with Crippen molar-refractivity contribution in [3.8, 4) is 0 Å². The van der Waals surface area contributed by atoms with E-state index >= 15 is 0 Å². The predicted octanol–water partition coefficient (Wildman–Crippen LogP) is 10.3. The quantitative estimate of drug-likeness (QED) is 0.114. The monoisotopic (exact) mass is 567 g/mol. The molecule has 0 bridgehead atoms. The zero-order chi connectivity index (χ0) is 10.5.